The second-order valence-corrected chi connectivity index (χ2v) is 5.94. The van der Waals surface area contributed by atoms with E-state index in [0.29, 0.717) is 16.9 Å². The van der Waals surface area contributed by atoms with E-state index in [-0.39, 0.29) is 0 Å². The van der Waals surface area contributed by atoms with Crippen molar-refractivity contribution in [2.75, 3.05) is 0 Å². The molecule has 2 rings (SSSR count). The number of aromatic nitrogens is 1. The largest absolute Gasteiger partial charge is 0.357 e. The van der Waals surface area contributed by atoms with Gasteiger partial charge in [-0.1, -0.05) is 27.7 Å². The maximum absolute atomic E-state index is 3.65. The van der Waals surface area contributed by atoms with Gasteiger partial charge in [0.25, 0.3) is 0 Å². The van der Waals surface area contributed by atoms with E-state index in [0.717, 1.165) is 6.54 Å². The molecule has 1 fully saturated rings. The van der Waals surface area contributed by atoms with Crippen LogP contribution < -0.4 is 5.32 Å². The average Bonchev–Trinajstić information content (AvgIpc) is 2.50. The van der Waals surface area contributed by atoms with Gasteiger partial charge in [0.15, 0.2) is 0 Å². The molecule has 1 aliphatic carbocycles. The molecule has 0 atom stereocenters. The van der Waals surface area contributed by atoms with Gasteiger partial charge in [-0.15, -0.1) is 0 Å². The molecule has 1 heterocycles. The van der Waals surface area contributed by atoms with Crippen molar-refractivity contribution in [1.82, 2.24) is 9.88 Å². The molecule has 1 saturated carbocycles. The third-order valence-electron chi connectivity index (χ3n) is 4.42. The van der Waals surface area contributed by atoms with Crippen molar-refractivity contribution in [3.63, 3.8) is 0 Å². The Bertz CT molecular complexity index is 346. The molecule has 1 N–H and O–H groups in total. The van der Waals surface area contributed by atoms with Crippen LogP contribution >= 0.6 is 0 Å². The molecule has 0 radical (unpaired) electrons. The summed E-state index contributed by atoms with van der Waals surface area (Å²) in [6, 6.07) is 2.82. The number of nitrogens with one attached hydrogen (secondary N) is 1. The van der Waals surface area contributed by atoms with Crippen LogP contribution in [0.1, 0.15) is 33.3 Å². The maximum Gasteiger partial charge on any atom is 0.0223 e. The van der Waals surface area contributed by atoms with Gasteiger partial charge in [-0.3, -0.25) is 0 Å². The predicted molar refractivity (Wildman–Crippen MR) is 63.6 cm³/mol. The predicted octanol–water partition coefficient (Wildman–Crippen LogP) is 2.55. The Kier molecular flexibility index (Phi) is 2.23. The third-order valence-corrected chi connectivity index (χ3v) is 4.42. The first kappa shape index (κ1) is 10.7. The van der Waals surface area contributed by atoms with E-state index in [4.69, 9.17) is 0 Å². The highest BCUT2D eigenvalue weighted by atomic mass is 15.0. The number of aryl methyl sites for hydroxylation is 1. The minimum absolute atomic E-state index is 0.432. The minimum Gasteiger partial charge on any atom is -0.357 e. The minimum atomic E-state index is 0.432. The second-order valence-electron chi connectivity index (χ2n) is 5.94. The van der Waals surface area contributed by atoms with Crippen molar-refractivity contribution in [3.8, 4) is 0 Å². The van der Waals surface area contributed by atoms with E-state index in [1.807, 2.05) is 0 Å². The summed E-state index contributed by atoms with van der Waals surface area (Å²) in [5.74, 6) is 0. The van der Waals surface area contributed by atoms with E-state index in [1.54, 1.807) is 0 Å². The number of rotatable bonds is 3. The molecule has 0 amide bonds. The van der Waals surface area contributed by atoms with Gasteiger partial charge in [-0.05, 0) is 22.5 Å². The van der Waals surface area contributed by atoms with Gasteiger partial charge >= 0.3 is 0 Å². The molecule has 1 aromatic heterocycles. The van der Waals surface area contributed by atoms with Crippen LogP contribution in [0, 0.1) is 10.8 Å². The first-order chi connectivity index (χ1) is 6.85. The molecular formula is C13H22N2. The average molecular weight is 206 g/mol. The van der Waals surface area contributed by atoms with Gasteiger partial charge in [0.1, 0.15) is 0 Å². The van der Waals surface area contributed by atoms with Crippen LogP contribution in [0.15, 0.2) is 18.5 Å². The Labute approximate surface area is 92.7 Å². The van der Waals surface area contributed by atoms with Gasteiger partial charge < -0.3 is 9.88 Å². The lowest BCUT2D eigenvalue weighted by molar-refractivity contribution is 0.457. The molecule has 0 aliphatic heterocycles. The lowest BCUT2D eigenvalue weighted by Crippen LogP contribution is -2.21. The van der Waals surface area contributed by atoms with Crippen molar-refractivity contribution in [3.05, 3.63) is 24.0 Å². The Balaban J connectivity index is 1.91. The Morgan fingerprint density at radius 1 is 1.27 bits per heavy atom. The molecule has 0 aromatic carbocycles. The fourth-order valence-corrected chi connectivity index (χ4v) is 2.59. The van der Waals surface area contributed by atoms with E-state index in [9.17, 15) is 0 Å². The molecule has 15 heavy (non-hydrogen) atoms. The fourth-order valence-electron chi connectivity index (χ4n) is 2.59. The Morgan fingerprint density at radius 3 is 2.27 bits per heavy atom. The molecular weight excluding hydrogens is 184 g/mol. The molecule has 84 valence electrons. The van der Waals surface area contributed by atoms with Crippen LogP contribution in [-0.2, 0) is 13.6 Å². The van der Waals surface area contributed by atoms with Crippen LogP contribution in [0.3, 0.4) is 0 Å². The van der Waals surface area contributed by atoms with E-state index < -0.39 is 0 Å². The highest BCUT2D eigenvalue weighted by molar-refractivity contribution is 5.19. The van der Waals surface area contributed by atoms with Gasteiger partial charge in [0, 0.05) is 32.0 Å². The fraction of sp³-hybridized carbons (Fsp3) is 0.692. The van der Waals surface area contributed by atoms with Crippen molar-refractivity contribution in [2.45, 2.75) is 40.3 Å². The highest BCUT2D eigenvalue weighted by Gasteiger charge is 2.64. The summed E-state index contributed by atoms with van der Waals surface area (Å²) < 4.78 is 2.10. The molecule has 2 heteroatoms. The van der Waals surface area contributed by atoms with Crippen LogP contribution in [0.2, 0.25) is 0 Å². The highest BCUT2D eigenvalue weighted by Crippen LogP contribution is 2.62. The SMILES string of the molecule is Cn1ccc(CNC2C(C)(C)C2(C)C)c1. The number of nitrogens with zero attached hydrogens (tertiary/aromatic N) is 1. The van der Waals surface area contributed by atoms with Crippen LogP contribution in [0.25, 0.3) is 0 Å². The van der Waals surface area contributed by atoms with Crippen molar-refractivity contribution >= 4 is 0 Å². The van der Waals surface area contributed by atoms with E-state index >= 15 is 0 Å². The lowest BCUT2D eigenvalue weighted by atomic mass is 10.0. The van der Waals surface area contributed by atoms with Crippen LogP contribution in [0.4, 0.5) is 0 Å². The van der Waals surface area contributed by atoms with Crippen molar-refractivity contribution in [2.24, 2.45) is 17.9 Å². The standard InChI is InChI=1S/C13H22N2/c1-12(2)11(13(12,3)4)14-8-10-6-7-15(5)9-10/h6-7,9,11,14H,8H2,1-5H3. The molecule has 1 aliphatic rings. The lowest BCUT2D eigenvalue weighted by Gasteiger charge is -2.04. The normalized spacial score (nSPS) is 23.0. The molecule has 0 bridgehead atoms. The molecule has 2 nitrogen and oxygen atoms in total. The third kappa shape index (κ3) is 1.61. The zero-order valence-corrected chi connectivity index (χ0v) is 10.5. The summed E-state index contributed by atoms with van der Waals surface area (Å²) in [4.78, 5) is 0. The zero-order chi connectivity index (χ0) is 11.3. The van der Waals surface area contributed by atoms with E-state index in [1.165, 1.54) is 5.56 Å². The Hall–Kier alpha value is -0.760. The van der Waals surface area contributed by atoms with Crippen molar-refractivity contribution in [1.29, 1.82) is 0 Å². The van der Waals surface area contributed by atoms with Gasteiger partial charge in [0.05, 0.1) is 0 Å². The summed E-state index contributed by atoms with van der Waals surface area (Å²) in [7, 11) is 2.06. The molecule has 0 spiro atoms. The summed E-state index contributed by atoms with van der Waals surface area (Å²) in [5, 5.41) is 3.65. The first-order valence-electron chi connectivity index (χ1n) is 5.70. The monoisotopic (exact) mass is 206 g/mol. The second kappa shape index (κ2) is 3.11. The van der Waals surface area contributed by atoms with Gasteiger partial charge in [-0.25, -0.2) is 0 Å². The van der Waals surface area contributed by atoms with Gasteiger partial charge in [-0.2, -0.15) is 0 Å². The van der Waals surface area contributed by atoms with Crippen molar-refractivity contribution < 1.29 is 0 Å². The summed E-state index contributed by atoms with van der Waals surface area (Å²) in [5.41, 5.74) is 2.24. The Morgan fingerprint density at radius 2 is 1.87 bits per heavy atom. The molecule has 0 saturated heterocycles. The van der Waals surface area contributed by atoms with E-state index in [2.05, 4.69) is 63.1 Å². The molecule has 1 aromatic rings. The number of hydrogen-bond acceptors (Lipinski definition) is 1. The smallest absolute Gasteiger partial charge is 0.0223 e. The quantitative estimate of drug-likeness (QED) is 0.804. The zero-order valence-electron chi connectivity index (χ0n) is 10.5. The summed E-state index contributed by atoms with van der Waals surface area (Å²) >= 11 is 0. The topological polar surface area (TPSA) is 17.0 Å². The van der Waals surface area contributed by atoms with Crippen LogP contribution in [-0.4, -0.2) is 10.6 Å². The summed E-state index contributed by atoms with van der Waals surface area (Å²) in [6.45, 7) is 10.4. The summed E-state index contributed by atoms with van der Waals surface area (Å²) in [6.07, 6.45) is 4.27. The van der Waals surface area contributed by atoms with Crippen LogP contribution in [0.5, 0.6) is 0 Å². The maximum atomic E-state index is 3.65. The first-order valence-corrected chi connectivity index (χ1v) is 5.70. The number of hydrogen-bond donors (Lipinski definition) is 1. The van der Waals surface area contributed by atoms with Gasteiger partial charge in [0.2, 0.25) is 0 Å². The molecule has 0 unspecified atom stereocenters.